The van der Waals surface area contributed by atoms with E-state index in [2.05, 4.69) is 4.74 Å². The molecule has 2 nitrogen and oxygen atoms in total. The van der Waals surface area contributed by atoms with Crippen molar-refractivity contribution in [3.05, 3.63) is 36.2 Å². The number of benzene rings is 1. The Hall–Kier alpha value is -1.45. The van der Waals surface area contributed by atoms with Crippen molar-refractivity contribution >= 4 is 6.29 Å². The molecule has 1 aromatic rings. The molecule has 0 aliphatic heterocycles. The Balaban J connectivity index is 2.63. The second-order valence-corrected chi connectivity index (χ2v) is 2.25. The fraction of sp³-hybridized carbons (Fsp3) is 0.111. The van der Waals surface area contributed by atoms with Crippen LogP contribution in [-0.2, 0) is 4.79 Å². The van der Waals surface area contributed by atoms with E-state index in [1.54, 1.807) is 0 Å². The summed E-state index contributed by atoms with van der Waals surface area (Å²) in [4.78, 5) is 10.0. The second kappa shape index (κ2) is 4.54. The lowest BCUT2D eigenvalue weighted by molar-refractivity contribution is -0.104. The van der Waals surface area contributed by atoms with Crippen LogP contribution in [0.4, 0.5) is 8.78 Å². The van der Waals surface area contributed by atoms with Crippen LogP contribution in [-0.4, -0.2) is 12.9 Å². The Morgan fingerprint density at radius 2 is 1.85 bits per heavy atom. The van der Waals surface area contributed by atoms with E-state index in [9.17, 15) is 13.6 Å². The van der Waals surface area contributed by atoms with Gasteiger partial charge in [-0.1, -0.05) is 12.1 Å². The molecular weight excluding hydrogens is 178 g/mol. The molecule has 1 radical (unpaired) electrons. The number of aldehydes is 1. The molecular formula is C9H7F2O2. The first-order valence-electron chi connectivity index (χ1n) is 3.56. The summed E-state index contributed by atoms with van der Waals surface area (Å²) in [5, 5.41) is 0. The third kappa shape index (κ3) is 3.19. The smallest absolute Gasteiger partial charge is 0.387 e. The number of hydrogen-bond donors (Lipinski definition) is 0. The summed E-state index contributed by atoms with van der Waals surface area (Å²) >= 11 is 0. The van der Waals surface area contributed by atoms with Crippen LogP contribution in [0.1, 0.15) is 5.56 Å². The van der Waals surface area contributed by atoms with Gasteiger partial charge in [0.1, 0.15) is 12.0 Å². The largest absolute Gasteiger partial charge is 0.435 e. The maximum atomic E-state index is 11.7. The van der Waals surface area contributed by atoms with Gasteiger partial charge in [-0.3, -0.25) is 0 Å². The Kier molecular flexibility index (Phi) is 3.37. The van der Waals surface area contributed by atoms with Crippen molar-refractivity contribution in [3.63, 3.8) is 0 Å². The third-order valence-electron chi connectivity index (χ3n) is 1.37. The van der Waals surface area contributed by atoms with Crippen LogP contribution in [0.15, 0.2) is 24.3 Å². The molecule has 13 heavy (non-hydrogen) atoms. The first kappa shape index (κ1) is 9.64. The molecule has 0 saturated carbocycles. The Bertz CT molecular complexity index is 269. The van der Waals surface area contributed by atoms with E-state index in [0.717, 1.165) is 0 Å². The van der Waals surface area contributed by atoms with Gasteiger partial charge in [0.2, 0.25) is 0 Å². The van der Waals surface area contributed by atoms with Gasteiger partial charge in [0.15, 0.2) is 0 Å². The van der Waals surface area contributed by atoms with Gasteiger partial charge in [0.05, 0.1) is 6.42 Å². The fourth-order valence-electron chi connectivity index (χ4n) is 0.839. The highest BCUT2D eigenvalue weighted by molar-refractivity contribution is 5.67. The van der Waals surface area contributed by atoms with E-state index in [1.807, 2.05) is 0 Å². The van der Waals surface area contributed by atoms with Gasteiger partial charge in [-0.05, 0) is 17.7 Å². The van der Waals surface area contributed by atoms with Crippen LogP contribution >= 0.6 is 0 Å². The zero-order valence-corrected chi connectivity index (χ0v) is 6.61. The number of alkyl halides is 2. The highest BCUT2D eigenvalue weighted by Crippen LogP contribution is 2.15. The molecule has 1 rings (SSSR count). The molecule has 0 unspecified atom stereocenters. The molecule has 0 spiro atoms. The predicted octanol–water partition coefficient (Wildman–Crippen LogP) is 2.04. The van der Waals surface area contributed by atoms with Gasteiger partial charge in [0, 0.05) is 0 Å². The molecule has 0 N–H and O–H groups in total. The Morgan fingerprint density at radius 1 is 1.23 bits per heavy atom. The number of rotatable bonds is 4. The lowest BCUT2D eigenvalue weighted by atomic mass is 10.2. The van der Waals surface area contributed by atoms with Crippen LogP contribution < -0.4 is 4.74 Å². The molecule has 0 aliphatic rings. The van der Waals surface area contributed by atoms with E-state index >= 15 is 0 Å². The average Bonchev–Trinajstić information content (AvgIpc) is 2.08. The van der Waals surface area contributed by atoms with E-state index in [1.165, 1.54) is 30.7 Å². The number of carbonyl (C=O) groups excluding carboxylic acids is 1. The van der Waals surface area contributed by atoms with Gasteiger partial charge < -0.3 is 9.53 Å². The molecule has 0 aromatic heterocycles. The lowest BCUT2D eigenvalue weighted by Crippen LogP contribution is -2.01. The number of halogens is 2. The summed E-state index contributed by atoms with van der Waals surface area (Å²) in [6.45, 7) is -2.82. The molecule has 0 amide bonds. The van der Waals surface area contributed by atoms with Crippen LogP contribution in [0, 0.1) is 6.42 Å². The average molecular weight is 185 g/mol. The maximum absolute atomic E-state index is 11.7. The van der Waals surface area contributed by atoms with Crippen LogP contribution in [0.2, 0.25) is 0 Å². The molecule has 0 heterocycles. The summed E-state index contributed by atoms with van der Waals surface area (Å²) in [6, 6.07) is 5.79. The Labute approximate surface area is 74.1 Å². The third-order valence-corrected chi connectivity index (χ3v) is 1.37. The van der Waals surface area contributed by atoms with Crippen molar-refractivity contribution in [1.82, 2.24) is 0 Å². The normalized spacial score (nSPS) is 10.1. The predicted molar refractivity (Wildman–Crippen MR) is 42.5 cm³/mol. The van der Waals surface area contributed by atoms with Gasteiger partial charge >= 0.3 is 6.61 Å². The standard InChI is InChI=1S/C9H7F2O2/c10-9(11)13-8-3-1-7(2-4-8)5-6-12/h1-6,9H. The van der Waals surface area contributed by atoms with Crippen LogP contribution in [0.25, 0.3) is 0 Å². The first-order valence-corrected chi connectivity index (χ1v) is 3.56. The minimum atomic E-state index is -2.82. The van der Waals surface area contributed by atoms with Crippen LogP contribution in [0.3, 0.4) is 0 Å². The highest BCUT2D eigenvalue weighted by atomic mass is 19.3. The molecule has 4 heteroatoms. The minimum absolute atomic E-state index is 0.0815. The minimum Gasteiger partial charge on any atom is -0.435 e. The zero-order valence-electron chi connectivity index (χ0n) is 6.61. The molecule has 0 atom stereocenters. The van der Waals surface area contributed by atoms with Crippen molar-refractivity contribution in [1.29, 1.82) is 0 Å². The molecule has 1 aromatic carbocycles. The summed E-state index contributed by atoms with van der Waals surface area (Å²) in [5.74, 6) is 0.0815. The van der Waals surface area contributed by atoms with Crippen molar-refractivity contribution < 1.29 is 18.3 Å². The first-order chi connectivity index (χ1) is 6.22. The molecule has 0 fully saturated rings. The second-order valence-electron chi connectivity index (χ2n) is 2.25. The van der Waals surface area contributed by atoms with E-state index in [4.69, 9.17) is 0 Å². The molecule has 0 saturated heterocycles. The summed E-state index contributed by atoms with van der Waals surface area (Å²) in [5.41, 5.74) is 0.650. The summed E-state index contributed by atoms with van der Waals surface area (Å²) in [6.07, 6.45) is 1.95. The van der Waals surface area contributed by atoms with Crippen molar-refractivity contribution in [2.24, 2.45) is 0 Å². The number of ether oxygens (including phenoxy) is 1. The monoisotopic (exact) mass is 185 g/mol. The SMILES string of the molecule is O=C[CH]c1ccc(OC(F)F)cc1. The number of hydrogen-bond acceptors (Lipinski definition) is 2. The van der Waals surface area contributed by atoms with Crippen molar-refractivity contribution in [2.45, 2.75) is 6.61 Å². The van der Waals surface area contributed by atoms with E-state index in [0.29, 0.717) is 11.8 Å². The zero-order chi connectivity index (χ0) is 9.68. The quantitative estimate of drug-likeness (QED) is 0.671. The van der Waals surface area contributed by atoms with Crippen molar-refractivity contribution in [3.8, 4) is 5.75 Å². The topological polar surface area (TPSA) is 26.3 Å². The van der Waals surface area contributed by atoms with E-state index < -0.39 is 6.61 Å². The lowest BCUT2D eigenvalue weighted by Gasteiger charge is -2.03. The maximum Gasteiger partial charge on any atom is 0.387 e. The van der Waals surface area contributed by atoms with Gasteiger partial charge in [-0.25, -0.2) is 0 Å². The molecule has 0 bridgehead atoms. The summed E-state index contributed by atoms with van der Waals surface area (Å²) in [7, 11) is 0. The molecule has 69 valence electrons. The van der Waals surface area contributed by atoms with Crippen LogP contribution in [0.5, 0.6) is 5.75 Å². The van der Waals surface area contributed by atoms with Gasteiger partial charge in [0.25, 0.3) is 0 Å². The Morgan fingerprint density at radius 3 is 2.31 bits per heavy atom. The van der Waals surface area contributed by atoms with Crippen molar-refractivity contribution in [2.75, 3.05) is 0 Å². The highest BCUT2D eigenvalue weighted by Gasteiger charge is 2.03. The fourth-order valence-corrected chi connectivity index (χ4v) is 0.839. The van der Waals surface area contributed by atoms with Gasteiger partial charge in [-0.15, -0.1) is 0 Å². The summed E-state index contributed by atoms with van der Waals surface area (Å²) < 4.78 is 27.5. The number of carbonyl (C=O) groups is 1. The van der Waals surface area contributed by atoms with Gasteiger partial charge in [-0.2, -0.15) is 8.78 Å². The van der Waals surface area contributed by atoms with E-state index in [-0.39, 0.29) is 5.75 Å². The molecule has 0 aliphatic carbocycles.